The fourth-order valence-electron chi connectivity index (χ4n) is 8.31. The molecule has 0 radical (unpaired) electrons. The van der Waals surface area contributed by atoms with Gasteiger partial charge in [0, 0.05) is 60.2 Å². The van der Waals surface area contributed by atoms with E-state index in [0.29, 0.717) is 0 Å². The lowest BCUT2D eigenvalue weighted by atomic mass is 9.94. The highest BCUT2D eigenvalue weighted by Crippen LogP contribution is 2.42. The number of hydrogen-bond acceptors (Lipinski definition) is 4. The first kappa shape index (κ1) is 34.3. The van der Waals surface area contributed by atoms with E-state index in [0.717, 1.165) is 61.5 Å². The first-order valence-corrected chi connectivity index (χ1v) is 19.7. The highest BCUT2D eigenvalue weighted by molar-refractivity contribution is 7.25. The van der Waals surface area contributed by atoms with Crippen molar-refractivity contribution in [2.24, 2.45) is 0 Å². The molecule has 0 atom stereocenters. The van der Waals surface area contributed by atoms with Crippen LogP contribution >= 0.6 is 11.3 Å². The summed E-state index contributed by atoms with van der Waals surface area (Å²) in [6, 6.07) is 67.7. The van der Waals surface area contributed by atoms with Crippen LogP contribution in [0.15, 0.2) is 200 Å². The summed E-state index contributed by atoms with van der Waals surface area (Å²) in [7, 11) is 0. The molecule has 3 N–H and O–H groups in total. The Kier molecular flexibility index (Phi) is 8.52. The molecule has 4 aromatic heterocycles. The zero-order valence-corrected chi connectivity index (χ0v) is 31.8. The number of thiophene rings is 1. The van der Waals surface area contributed by atoms with E-state index >= 15 is 0 Å². The minimum absolute atomic E-state index is 0. The number of pyridine rings is 2. The van der Waals surface area contributed by atoms with Crippen molar-refractivity contribution in [3.05, 3.63) is 200 Å². The number of nitrogens with zero attached hydrogens (tertiary/aromatic N) is 3. The summed E-state index contributed by atoms with van der Waals surface area (Å²) in [6.07, 6.45) is 3.73. The molecule has 5 heteroatoms. The van der Waals surface area contributed by atoms with Crippen molar-refractivity contribution in [1.29, 1.82) is 0 Å². The largest absolute Gasteiger partial charge is 0.344 e. The van der Waals surface area contributed by atoms with E-state index in [1.165, 1.54) is 42.1 Å². The van der Waals surface area contributed by atoms with Gasteiger partial charge >= 0.3 is 0 Å². The summed E-state index contributed by atoms with van der Waals surface area (Å²) in [5.74, 6) is 0. The summed E-state index contributed by atoms with van der Waals surface area (Å²) >= 11 is 1.86. The van der Waals surface area contributed by atoms with Crippen molar-refractivity contribution in [2.45, 2.75) is 0 Å². The van der Waals surface area contributed by atoms with Gasteiger partial charge in [-0.2, -0.15) is 0 Å². The van der Waals surface area contributed by atoms with E-state index < -0.39 is 0 Å². The Hall–Kier alpha value is -7.18. The van der Waals surface area contributed by atoms with Crippen LogP contribution in [0.1, 0.15) is 0 Å². The predicted octanol–water partition coefficient (Wildman–Crippen LogP) is 14.4. The van der Waals surface area contributed by atoms with Crippen LogP contribution in [0.3, 0.4) is 0 Å². The number of benzene rings is 7. The average Bonchev–Trinajstić information content (AvgIpc) is 3.81. The molecule has 4 heterocycles. The molecule has 0 fully saturated rings. The fourth-order valence-corrected chi connectivity index (χ4v) is 9.38. The lowest BCUT2D eigenvalue weighted by Crippen LogP contribution is -1.94. The van der Waals surface area contributed by atoms with Gasteiger partial charge in [-0.1, -0.05) is 109 Å². The molecule has 11 aromatic rings. The molecular weight excluding hydrogens is 713 g/mol. The Bertz CT molecular complexity index is 3100. The average molecular weight is 749 g/mol. The second kappa shape index (κ2) is 14.2. The zero-order valence-electron chi connectivity index (χ0n) is 31.0. The summed E-state index contributed by atoms with van der Waals surface area (Å²) in [6.45, 7) is 0. The highest BCUT2D eigenvalue weighted by atomic mass is 32.1. The van der Waals surface area contributed by atoms with E-state index in [2.05, 4.69) is 180 Å². The maximum atomic E-state index is 4.73. The third-order valence-electron chi connectivity index (χ3n) is 10.9. The van der Waals surface area contributed by atoms with Crippen LogP contribution in [-0.4, -0.2) is 14.5 Å². The van der Waals surface area contributed by atoms with Gasteiger partial charge in [-0.3, -0.25) is 9.97 Å². The number of rotatable bonds is 6. The monoisotopic (exact) mass is 748 g/mol. The summed E-state index contributed by atoms with van der Waals surface area (Å²) in [4.78, 5) is 9.45. The zero-order chi connectivity index (χ0) is 37.0. The van der Waals surface area contributed by atoms with E-state index in [9.17, 15) is 0 Å². The molecule has 11 rings (SSSR count). The van der Waals surface area contributed by atoms with Crippen molar-refractivity contribution in [2.75, 3.05) is 0 Å². The van der Waals surface area contributed by atoms with Gasteiger partial charge in [-0.25, -0.2) is 0 Å². The van der Waals surface area contributed by atoms with E-state index in [-0.39, 0.29) is 6.15 Å². The van der Waals surface area contributed by atoms with Crippen molar-refractivity contribution >= 4 is 53.3 Å². The highest BCUT2D eigenvalue weighted by Gasteiger charge is 2.18. The molecule has 0 amide bonds. The van der Waals surface area contributed by atoms with Gasteiger partial charge in [0.1, 0.15) is 0 Å². The van der Waals surface area contributed by atoms with Crippen molar-refractivity contribution in [1.82, 2.24) is 20.7 Å². The van der Waals surface area contributed by atoms with Crippen LogP contribution in [0.4, 0.5) is 0 Å². The smallest absolute Gasteiger partial charge is 0.0708 e. The Morgan fingerprint density at radius 1 is 0.351 bits per heavy atom. The third-order valence-corrected chi connectivity index (χ3v) is 12.1. The lowest BCUT2D eigenvalue weighted by Gasteiger charge is -2.11. The van der Waals surface area contributed by atoms with Crippen LogP contribution in [-0.2, 0) is 0 Å². The Morgan fingerprint density at radius 2 is 0.825 bits per heavy atom. The molecule has 4 nitrogen and oxygen atoms in total. The van der Waals surface area contributed by atoms with Gasteiger partial charge in [0.15, 0.2) is 0 Å². The Balaban J connectivity index is 0.00000396. The number of hydrogen-bond donors (Lipinski definition) is 1. The Morgan fingerprint density at radius 3 is 1.39 bits per heavy atom. The standard InChI is InChI=1S/C52H33N3S.H3N/c1-2-12-34(13-3-1)35-22-26-51-45(30-35)46-33-38(23-27-52(46)56-51)55-49-24-20-36(39-14-4-6-16-41(39)47-18-8-10-28-53-47)31-43(49)44-32-37(21-25-50(44)55)40-15-5-7-17-42(40)48-19-9-11-29-54-48;/h1-33H;1H3. The molecule has 0 saturated carbocycles. The maximum Gasteiger partial charge on any atom is 0.0708 e. The normalized spacial score (nSPS) is 11.4. The van der Waals surface area contributed by atoms with Crippen molar-refractivity contribution < 1.29 is 0 Å². The molecule has 0 aliphatic carbocycles. The third kappa shape index (κ3) is 5.89. The predicted molar refractivity (Wildman–Crippen MR) is 241 cm³/mol. The number of fused-ring (bicyclic) bond motifs is 6. The van der Waals surface area contributed by atoms with Crippen LogP contribution < -0.4 is 6.15 Å². The van der Waals surface area contributed by atoms with E-state index in [1.807, 2.05) is 35.9 Å². The van der Waals surface area contributed by atoms with Crippen molar-refractivity contribution in [3.63, 3.8) is 0 Å². The van der Waals surface area contributed by atoms with Gasteiger partial charge in [-0.15, -0.1) is 11.3 Å². The van der Waals surface area contributed by atoms with Crippen LogP contribution in [0.2, 0.25) is 0 Å². The van der Waals surface area contributed by atoms with E-state index in [1.54, 1.807) is 0 Å². The van der Waals surface area contributed by atoms with E-state index in [4.69, 9.17) is 9.97 Å². The van der Waals surface area contributed by atoms with Gasteiger partial charge in [0.25, 0.3) is 0 Å². The fraction of sp³-hybridized carbons (Fsp3) is 0. The topological polar surface area (TPSA) is 65.7 Å². The molecular formula is C52H36N4S. The molecule has 0 unspecified atom stereocenters. The Labute approximate surface area is 334 Å². The summed E-state index contributed by atoms with van der Waals surface area (Å²) < 4.78 is 5.03. The lowest BCUT2D eigenvalue weighted by molar-refractivity contribution is 1.19. The molecule has 0 aliphatic heterocycles. The molecule has 0 spiro atoms. The van der Waals surface area contributed by atoms with Gasteiger partial charge in [-0.05, 0) is 112 Å². The number of aromatic nitrogens is 3. The summed E-state index contributed by atoms with van der Waals surface area (Å²) in [5, 5.41) is 4.96. The van der Waals surface area contributed by atoms with Crippen LogP contribution in [0.5, 0.6) is 0 Å². The molecule has 7 aromatic carbocycles. The van der Waals surface area contributed by atoms with Gasteiger partial charge < -0.3 is 10.7 Å². The van der Waals surface area contributed by atoms with Crippen LogP contribution in [0.25, 0.3) is 104 Å². The second-order valence-corrected chi connectivity index (χ2v) is 15.3. The first-order valence-electron chi connectivity index (χ1n) is 18.9. The molecule has 270 valence electrons. The maximum absolute atomic E-state index is 4.73. The van der Waals surface area contributed by atoms with Crippen molar-refractivity contribution in [3.8, 4) is 61.6 Å². The second-order valence-electron chi connectivity index (χ2n) is 14.2. The minimum atomic E-state index is 0. The molecule has 0 bridgehead atoms. The summed E-state index contributed by atoms with van der Waals surface area (Å²) in [5.41, 5.74) is 14.7. The van der Waals surface area contributed by atoms with Gasteiger partial charge in [0.2, 0.25) is 0 Å². The minimum Gasteiger partial charge on any atom is -0.344 e. The van der Waals surface area contributed by atoms with Gasteiger partial charge in [0.05, 0.1) is 22.4 Å². The molecule has 57 heavy (non-hydrogen) atoms. The SMILES string of the molecule is N.c1ccc(-c2ccc3sc4ccc(-n5c6ccc(-c7ccccc7-c7ccccn7)cc6c6cc(-c7ccccc7-c7ccccn7)ccc65)cc4c3c2)cc1. The molecule has 0 saturated heterocycles. The molecule has 0 aliphatic rings. The quantitative estimate of drug-likeness (QED) is 0.184. The van der Waals surface area contributed by atoms with Crippen LogP contribution in [0, 0.1) is 0 Å². The first-order chi connectivity index (χ1) is 27.8.